The van der Waals surface area contributed by atoms with Gasteiger partial charge in [-0.2, -0.15) is 0 Å². The second-order valence-electron chi connectivity index (χ2n) is 7.46. The standard InChI is InChI=1S/C21H24FN3O3/c1-13(23-20(26)28-21(2,3)4)19-24-16-12-11-15(22)18(27-5)17(16)25(19)14-9-7-6-8-10-14/h6-13H,1-5H3,(H,23,26). The molecule has 1 amide bonds. The highest BCUT2D eigenvalue weighted by Gasteiger charge is 2.25. The molecule has 2 aromatic carbocycles. The Morgan fingerprint density at radius 1 is 1.18 bits per heavy atom. The van der Waals surface area contributed by atoms with E-state index in [-0.39, 0.29) is 5.75 Å². The number of nitrogens with zero attached hydrogens (tertiary/aromatic N) is 2. The molecular formula is C21H24FN3O3. The topological polar surface area (TPSA) is 65.4 Å². The number of methoxy groups -OCH3 is 1. The summed E-state index contributed by atoms with van der Waals surface area (Å²) >= 11 is 0. The molecule has 3 rings (SSSR count). The molecule has 1 atom stereocenters. The molecule has 0 aliphatic heterocycles. The molecule has 1 unspecified atom stereocenters. The van der Waals surface area contributed by atoms with Gasteiger partial charge >= 0.3 is 6.09 Å². The van der Waals surface area contributed by atoms with Crippen LogP contribution >= 0.6 is 0 Å². The summed E-state index contributed by atoms with van der Waals surface area (Å²) in [6, 6.07) is 11.8. The van der Waals surface area contributed by atoms with Crippen LogP contribution in [0.3, 0.4) is 0 Å². The van der Waals surface area contributed by atoms with Crippen LogP contribution in [0.25, 0.3) is 16.7 Å². The molecule has 1 N–H and O–H groups in total. The maximum Gasteiger partial charge on any atom is 0.408 e. The van der Waals surface area contributed by atoms with Crippen molar-refractivity contribution in [3.8, 4) is 11.4 Å². The molecule has 6 nitrogen and oxygen atoms in total. The van der Waals surface area contributed by atoms with Crippen molar-refractivity contribution in [2.24, 2.45) is 0 Å². The third-order valence-electron chi connectivity index (χ3n) is 4.09. The predicted molar refractivity (Wildman–Crippen MR) is 105 cm³/mol. The molecule has 0 spiro atoms. The average molecular weight is 385 g/mol. The number of para-hydroxylation sites is 1. The molecule has 1 heterocycles. The van der Waals surface area contributed by atoms with Crippen LogP contribution in [0.1, 0.15) is 39.6 Å². The number of alkyl carbamates (subject to hydrolysis) is 1. The van der Waals surface area contributed by atoms with Gasteiger partial charge in [-0.15, -0.1) is 0 Å². The van der Waals surface area contributed by atoms with Gasteiger partial charge in [0.2, 0.25) is 0 Å². The van der Waals surface area contributed by atoms with Crippen molar-refractivity contribution in [2.75, 3.05) is 7.11 Å². The number of imidazole rings is 1. The minimum atomic E-state index is -0.615. The van der Waals surface area contributed by atoms with Crippen molar-refractivity contribution < 1.29 is 18.7 Å². The number of nitrogens with one attached hydrogen (secondary N) is 1. The normalized spacial score (nSPS) is 12.6. The number of carbonyl (C=O) groups is 1. The van der Waals surface area contributed by atoms with Crippen molar-refractivity contribution in [1.29, 1.82) is 0 Å². The quantitative estimate of drug-likeness (QED) is 0.703. The molecule has 0 saturated carbocycles. The van der Waals surface area contributed by atoms with Gasteiger partial charge in [0.05, 0.1) is 18.7 Å². The summed E-state index contributed by atoms with van der Waals surface area (Å²) < 4.78 is 26.8. The Morgan fingerprint density at radius 2 is 1.86 bits per heavy atom. The first kappa shape index (κ1) is 19.7. The van der Waals surface area contributed by atoms with Crippen molar-refractivity contribution in [1.82, 2.24) is 14.9 Å². The smallest absolute Gasteiger partial charge is 0.408 e. The van der Waals surface area contributed by atoms with E-state index in [4.69, 9.17) is 9.47 Å². The summed E-state index contributed by atoms with van der Waals surface area (Å²) in [4.78, 5) is 16.9. The molecule has 0 aliphatic carbocycles. The fourth-order valence-electron chi connectivity index (χ4n) is 3.00. The number of halogens is 1. The van der Waals surface area contributed by atoms with Gasteiger partial charge in [-0.25, -0.2) is 14.2 Å². The average Bonchev–Trinajstić information content (AvgIpc) is 3.00. The molecule has 0 bridgehead atoms. The zero-order valence-corrected chi connectivity index (χ0v) is 16.6. The van der Waals surface area contributed by atoms with Gasteiger partial charge < -0.3 is 14.8 Å². The van der Waals surface area contributed by atoms with Gasteiger partial charge in [-0.3, -0.25) is 4.57 Å². The lowest BCUT2D eigenvalue weighted by Gasteiger charge is -2.22. The van der Waals surface area contributed by atoms with Gasteiger partial charge in [0.1, 0.15) is 16.9 Å². The Bertz CT molecular complexity index is 994. The maximum atomic E-state index is 14.4. The number of rotatable bonds is 4. The molecule has 0 fully saturated rings. The van der Waals surface area contributed by atoms with Crippen LogP contribution in [0.4, 0.5) is 9.18 Å². The second kappa shape index (κ2) is 7.50. The molecule has 148 valence electrons. The van der Waals surface area contributed by atoms with Crippen LogP contribution in [-0.2, 0) is 4.74 Å². The number of hydrogen-bond donors (Lipinski definition) is 1. The van der Waals surface area contributed by atoms with Crippen LogP contribution in [0.2, 0.25) is 0 Å². The molecule has 7 heteroatoms. The van der Waals surface area contributed by atoms with Gasteiger partial charge in [0.25, 0.3) is 0 Å². The molecule has 3 aromatic rings. The Morgan fingerprint density at radius 3 is 2.46 bits per heavy atom. The van der Waals surface area contributed by atoms with E-state index in [0.29, 0.717) is 16.9 Å². The number of carbonyl (C=O) groups excluding carboxylic acids is 1. The van der Waals surface area contributed by atoms with Crippen LogP contribution in [0.5, 0.6) is 5.75 Å². The zero-order chi connectivity index (χ0) is 20.5. The van der Waals surface area contributed by atoms with Gasteiger partial charge in [0.15, 0.2) is 11.6 Å². The van der Waals surface area contributed by atoms with Gasteiger partial charge in [0, 0.05) is 5.69 Å². The summed E-state index contributed by atoms with van der Waals surface area (Å²) in [5.74, 6) is 0.159. The first-order valence-corrected chi connectivity index (χ1v) is 9.01. The molecule has 28 heavy (non-hydrogen) atoms. The second-order valence-corrected chi connectivity index (χ2v) is 7.46. The lowest BCUT2D eigenvalue weighted by Crippen LogP contribution is -2.34. The number of amides is 1. The summed E-state index contributed by atoms with van der Waals surface area (Å²) in [6.07, 6.45) is -0.551. The Balaban J connectivity index is 2.13. The number of fused-ring (bicyclic) bond motifs is 1. The van der Waals surface area contributed by atoms with E-state index in [2.05, 4.69) is 10.3 Å². The van der Waals surface area contributed by atoms with Crippen LogP contribution in [0.15, 0.2) is 42.5 Å². The van der Waals surface area contributed by atoms with E-state index >= 15 is 0 Å². The number of hydrogen-bond acceptors (Lipinski definition) is 4. The van der Waals surface area contributed by atoms with E-state index in [0.717, 1.165) is 5.69 Å². The third kappa shape index (κ3) is 3.93. The minimum absolute atomic E-state index is 0.101. The first-order chi connectivity index (χ1) is 13.2. The van der Waals surface area contributed by atoms with Crippen molar-refractivity contribution in [2.45, 2.75) is 39.3 Å². The van der Waals surface area contributed by atoms with Crippen molar-refractivity contribution >= 4 is 17.1 Å². The van der Waals surface area contributed by atoms with Gasteiger partial charge in [-0.05, 0) is 52.0 Å². The van der Waals surface area contributed by atoms with Crippen LogP contribution in [-0.4, -0.2) is 28.4 Å². The summed E-state index contributed by atoms with van der Waals surface area (Å²) in [7, 11) is 1.42. The van der Waals surface area contributed by atoms with E-state index in [1.54, 1.807) is 38.3 Å². The molecule has 0 aliphatic rings. The van der Waals surface area contributed by atoms with Gasteiger partial charge in [-0.1, -0.05) is 18.2 Å². The van der Waals surface area contributed by atoms with Crippen molar-refractivity contribution in [3.05, 3.63) is 54.1 Å². The lowest BCUT2D eigenvalue weighted by atomic mass is 10.2. The third-order valence-corrected chi connectivity index (χ3v) is 4.09. The molecular weight excluding hydrogens is 361 g/mol. The summed E-state index contributed by atoms with van der Waals surface area (Å²) in [5, 5.41) is 2.80. The van der Waals surface area contributed by atoms with E-state index in [1.807, 2.05) is 30.3 Å². The van der Waals surface area contributed by atoms with E-state index in [1.165, 1.54) is 13.2 Å². The minimum Gasteiger partial charge on any atom is -0.491 e. The predicted octanol–water partition coefficient (Wildman–Crippen LogP) is 4.76. The van der Waals surface area contributed by atoms with Crippen LogP contribution in [0, 0.1) is 5.82 Å². The maximum absolute atomic E-state index is 14.4. The SMILES string of the molecule is COc1c(F)ccc2nc(C(C)NC(=O)OC(C)(C)C)n(-c3ccccc3)c12. The highest BCUT2D eigenvalue weighted by Crippen LogP contribution is 2.33. The highest BCUT2D eigenvalue weighted by atomic mass is 19.1. The number of aromatic nitrogens is 2. The molecule has 0 radical (unpaired) electrons. The number of benzene rings is 2. The van der Waals surface area contributed by atoms with E-state index in [9.17, 15) is 9.18 Å². The molecule has 1 aromatic heterocycles. The first-order valence-electron chi connectivity index (χ1n) is 9.01. The summed E-state index contributed by atoms with van der Waals surface area (Å²) in [5.41, 5.74) is 1.23. The van der Waals surface area contributed by atoms with Crippen LogP contribution < -0.4 is 10.1 Å². The zero-order valence-electron chi connectivity index (χ0n) is 16.6. The Hall–Kier alpha value is -3.09. The fraction of sp³-hybridized carbons (Fsp3) is 0.333. The Labute approximate surface area is 163 Å². The summed E-state index contributed by atoms with van der Waals surface area (Å²) in [6.45, 7) is 7.19. The lowest BCUT2D eigenvalue weighted by molar-refractivity contribution is 0.0505. The highest BCUT2D eigenvalue weighted by molar-refractivity contribution is 5.85. The largest absolute Gasteiger partial charge is 0.491 e. The van der Waals surface area contributed by atoms with Crippen molar-refractivity contribution in [3.63, 3.8) is 0 Å². The van der Waals surface area contributed by atoms with E-state index < -0.39 is 23.6 Å². The molecule has 0 saturated heterocycles. The number of ether oxygens (including phenoxy) is 2. The Kier molecular flexibility index (Phi) is 5.27. The fourth-order valence-corrected chi connectivity index (χ4v) is 3.00. The monoisotopic (exact) mass is 385 g/mol.